The van der Waals surface area contributed by atoms with Gasteiger partial charge in [-0.25, -0.2) is 17.2 Å². The molecule has 0 unspecified atom stereocenters. The lowest BCUT2D eigenvalue weighted by atomic mass is 10.2. The molecule has 0 bridgehead atoms. The van der Waals surface area contributed by atoms with Crippen LogP contribution >= 0.6 is 0 Å². The number of methoxy groups -OCH3 is 2. The summed E-state index contributed by atoms with van der Waals surface area (Å²) in [6.07, 6.45) is 0.240. The Kier molecular flexibility index (Phi) is 5.49. The van der Waals surface area contributed by atoms with Gasteiger partial charge in [0.25, 0.3) is 0 Å². The molecule has 0 spiro atoms. The zero-order valence-electron chi connectivity index (χ0n) is 12.5. The Labute approximate surface area is 128 Å². The van der Waals surface area contributed by atoms with Crippen LogP contribution in [-0.2, 0) is 25.2 Å². The van der Waals surface area contributed by atoms with Crippen molar-refractivity contribution in [1.29, 1.82) is 0 Å². The number of halogens is 2. The van der Waals surface area contributed by atoms with Crippen molar-refractivity contribution < 1.29 is 26.7 Å². The summed E-state index contributed by atoms with van der Waals surface area (Å²) in [5.74, 6) is -2.45. The molecule has 1 aliphatic rings. The molecule has 0 N–H and O–H groups in total. The van der Waals surface area contributed by atoms with E-state index in [1.807, 2.05) is 0 Å². The first-order valence-electron chi connectivity index (χ1n) is 6.83. The van der Waals surface area contributed by atoms with Crippen molar-refractivity contribution in [3.63, 3.8) is 0 Å². The standard InChI is InChI=1S/C14H19F2NO4S/c1-20-8-10-6-11(21-2)7-17(10)22(18,19)9-12-13(15)4-3-5-14(12)16/h3-5,10-11H,6-9H2,1-2H3/t10-,11-/m0/s1. The molecule has 1 aliphatic heterocycles. The normalized spacial score (nSPS) is 23.1. The van der Waals surface area contributed by atoms with E-state index in [-0.39, 0.29) is 19.3 Å². The third kappa shape index (κ3) is 3.62. The number of ether oxygens (including phenoxy) is 2. The molecule has 1 fully saturated rings. The molecular formula is C14H19F2NO4S. The van der Waals surface area contributed by atoms with Gasteiger partial charge in [0.2, 0.25) is 10.0 Å². The van der Waals surface area contributed by atoms with Crippen LogP contribution < -0.4 is 0 Å². The summed E-state index contributed by atoms with van der Waals surface area (Å²) < 4.78 is 63.9. The zero-order chi connectivity index (χ0) is 16.3. The van der Waals surface area contributed by atoms with Gasteiger partial charge in [0.05, 0.1) is 24.5 Å². The smallest absolute Gasteiger partial charge is 0.218 e. The fourth-order valence-corrected chi connectivity index (χ4v) is 4.44. The molecule has 0 aliphatic carbocycles. The van der Waals surface area contributed by atoms with Gasteiger partial charge in [-0.3, -0.25) is 0 Å². The van der Waals surface area contributed by atoms with Crippen molar-refractivity contribution in [1.82, 2.24) is 4.31 Å². The highest BCUT2D eigenvalue weighted by Crippen LogP contribution is 2.27. The molecule has 124 valence electrons. The number of rotatable bonds is 6. The van der Waals surface area contributed by atoms with E-state index in [0.29, 0.717) is 6.42 Å². The van der Waals surface area contributed by atoms with E-state index in [2.05, 4.69) is 0 Å². The minimum Gasteiger partial charge on any atom is -0.383 e. The average molecular weight is 335 g/mol. The second-order valence-electron chi connectivity index (χ2n) is 5.23. The predicted molar refractivity (Wildman–Crippen MR) is 76.8 cm³/mol. The summed E-state index contributed by atoms with van der Waals surface area (Å²) >= 11 is 0. The molecule has 1 heterocycles. The highest BCUT2D eigenvalue weighted by Gasteiger charge is 2.40. The van der Waals surface area contributed by atoms with Crippen LogP contribution in [0.25, 0.3) is 0 Å². The highest BCUT2D eigenvalue weighted by atomic mass is 32.2. The molecule has 8 heteroatoms. The minimum absolute atomic E-state index is 0.156. The molecule has 1 saturated heterocycles. The van der Waals surface area contributed by atoms with Gasteiger partial charge in [-0.15, -0.1) is 0 Å². The molecule has 22 heavy (non-hydrogen) atoms. The molecule has 0 saturated carbocycles. The van der Waals surface area contributed by atoms with Gasteiger partial charge in [-0.1, -0.05) is 6.07 Å². The zero-order valence-corrected chi connectivity index (χ0v) is 13.3. The Balaban J connectivity index is 2.25. The second kappa shape index (κ2) is 6.99. The van der Waals surface area contributed by atoms with Gasteiger partial charge in [-0.2, -0.15) is 4.31 Å². The van der Waals surface area contributed by atoms with Crippen molar-refractivity contribution in [3.05, 3.63) is 35.4 Å². The molecular weight excluding hydrogens is 316 g/mol. The van der Waals surface area contributed by atoms with Crippen molar-refractivity contribution in [2.24, 2.45) is 0 Å². The number of sulfonamides is 1. The molecule has 0 radical (unpaired) electrons. The summed E-state index contributed by atoms with van der Waals surface area (Å²) in [4.78, 5) is 0. The quantitative estimate of drug-likeness (QED) is 0.791. The first kappa shape index (κ1) is 17.3. The lowest BCUT2D eigenvalue weighted by Gasteiger charge is -2.23. The summed E-state index contributed by atoms with van der Waals surface area (Å²) in [5.41, 5.74) is -0.445. The topological polar surface area (TPSA) is 55.8 Å². The van der Waals surface area contributed by atoms with Crippen LogP contribution in [0.5, 0.6) is 0 Å². The maximum absolute atomic E-state index is 13.7. The molecule has 5 nitrogen and oxygen atoms in total. The summed E-state index contributed by atoms with van der Waals surface area (Å²) in [6.45, 7) is 0.363. The first-order valence-corrected chi connectivity index (χ1v) is 8.44. The minimum atomic E-state index is -3.88. The summed E-state index contributed by atoms with van der Waals surface area (Å²) in [7, 11) is -0.904. The van der Waals surface area contributed by atoms with E-state index in [1.54, 1.807) is 0 Å². The maximum atomic E-state index is 13.7. The van der Waals surface area contributed by atoms with E-state index in [9.17, 15) is 17.2 Å². The molecule has 2 rings (SSSR count). The van der Waals surface area contributed by atoms with E-state index in [0.717, 1.165) is 12.1 Å². The van der Waals surface area contributed by atoms with Crippen LogP contribution in [0.4, 0.5) is 8.78 Å². The van der Waals surface area contributed by atoms with Crippen LogP contribution in [0, 0.1) is 11.6 Å². The highest BCUT2D eigenvalue weighted by molar-refractivity contribution is 7.88. The predicted octanol–water partition coefficient (Wildman–Crippen LogP) is 1.53. The van der Waals surface area contributed by atoms with E-state index >= 15 is 0 Å². The van der Waals surface area contributed by atoms with Gasteiger partial charge < -0.3 is 9.47 Å². The van der Waals surface area contributed by atoms with Crippen LogP contribution in [0.15, 0.2) is 18.2 Å². The van der Waals surface area contributed by atoms with Crippen molar-refractivity contribution >= 4 is 10.0 Å². The largest absolute Gasteiger partial charge is 0.383 e. The third-order valence-corrected chi connectivity index (χ3v) is 5.58. The Morgan fingerprint density at radius 2 is 1.91 bits per heavy atom. The lowest BCUT2D eigenvalue weighted by Crippen LogP contribution is -2.39. The lowest BCUT2D eigenvalue weighted by molar-refractivity contribution is 0.110. The number of hydrogen-bond acceptors (Lipinski definition) is 4. The first-order chi connectivity index (χ1) is 10.4. The Morgan fingerprint density at radius 1 is 1.27 bits per heavy atom. The van der Waals surface area contributed by atoms with Crippen LogP contribution in [0.3, 0.4) is 0 Å². The number of nitrogens with zero attached hydrogens (tertiary/aromatic N) is 1. The van der Waals surface area contributed by atoms with Gasteiger partial charge >= 0.3 is 0 Å². The molecule has 0 aromatic heterocycles. The van der Waals surface area contributed by atoms with E-state index in [1.165, 1.54) is 24.6 Å². The summed E-state index contributed by atoms with van der Waals surface area (Å²) in [6, 6.07) is 2.89. The Hall–Kier alpha value is -1.09. The van der Waals surface area contributed by atoms with E-state index in [4.69, 9.17) is 9.47 Å². The van der Waals surface area contributed by atoms with E-state index < -0.39 is 39.0 Å². The van der Waals surface area contributed by atoms with Crippen molar-refractivity contribution in [2.45, 2.75) is 24.3 Å². The molecule has 1 aromatic rings. The van der Waals surface area contributed by atoms with Crippen molar-refractivity contribution in [2.75, 3.05) is 27.4 Å². The Morgan fingerprint density at radius 3 is 2.45 bits per heavy atom. The van der Waals surface area contributed by atoms with Crippen LogP contribution in [0.1, 0.15) is 12.0 Å². The fourth-order valence-electron chi connectivity index (χ4n) is 2.64. The van der Waals surface area contributed by atoms with Crippen LogP contribution in [-0.4, -0.2) is 52.2 Å². The van der Waals surface area contributed by atoms with Gasteiger partial charge in [0.15, 0.2) is 0 Å². The molecule has 1 aromatic carbocycles. The van der Waals surface area contributed by atoms with Gasteiger partial charge in [-0.05, 0) is 18.6 Å². The maximum Gasteiger partial charge on any atom is 0.218 e. The Bertz CT molecular complexity index is 603. The third-order valence-electron chi connectivity index (χ3n) is 3.76. The monoisotopic (exact) mass is 335 g/mol. The van der Waals surface area contributed by atoms with Gasteiger partial charge in [0, 0.05) is 26.3 Å². The molecule has 2 atom stereocenters. The molecule has 0 amide bonds. The second-order valence-corrected chi connectivity index (χ2v) is 7.15. The summed E-state index contributed by atoms with van der Waals surface area (Å²) in [5, 5.41) is 0. The van der Waals surface area contributed by atoms with Crippen molar-refractivity contribution in [3.8, 4) is 0 Å². The number of benzene rings is 1. The van der Waals surface area contributed by atoms with Gasteiger partial charge in [0.1, 0.15) is 11.6 Å². The average Bonchev–Trinajstić information content (AvgIpc) is 2.88. The van der Waals surface area contributed by atoms with Crippen LogP contribution in [0.2, 0.25) is 0 Å². The fraction of sp³-hybridized carbons (Fsp3) is 0.571. The number of hydrogen-bond donors (Lipinski definition) is 0. The SMILES string of the molecule is COC[C@@H]1C[C@H](OC)CN1S(=O)(=O)Cc1c(F)cccc1F.